The van der Waals surface area contributed by atoms with Gasteiger partial charge in [0.15, 0.2) is 12.3 Å². The van der Waals surface area contributed by atoms with Gasteiger partial charge in [-0.05, 0) is 56.4 Å². The van der Waals surface area contributed by atoms with Crippen LogP contribution in [0.2, 0.25) is 0 Å². The quantitative estimate of drug-likeness (QED) is 0.581. The smallest absolute Gasteiger partial charge is 0.361 e. The monoisotopic (exact) mass is 420 g/mol. The van der Waals surface area contributed by atoms with Gasteiger partial charge in [-0.15, -0.1) is 5.10 Å². The van der Waals surface area contributed by atoms with Crippen LogP contribution in [0.4, 0.5) is 5.69 Å². The first-order valence-electron chi connectivity index (χ1n) is 10.4. The van der Waals surface area contributed by atoms with Gasteiger partial charge in [-0.1, -0.05) is 49.7 Å². The molecule has 7 nitrogen and oxygen atoms in total. The van der Waals surface area contributed by atoms with Crippen LogP contribution < -0.4 is 5.32 Å². The standard InChI is InChI=1S/C24H28N4O3/c1-6-18-9-8-10-19(7-2)23(18)25-21(29)14-31-24(30)22-17(5)26-28(27-22)20-12-11-15(3)13-16(20)4/h8-13H,6-7,14H2,1-5H3,(H,25,29). The van der Waals surface area contributed by atoms with Gasteiger partial charge < -0.3 is 10.1 Å². The number of hydrogen-bond acceptors (Lipinski definition) is 5. The fourth-order valence-electron chi connectivity index (χ4n) is 3.48. The Labute approximate surface area is 182 Å². The van der Waals surface area contributed by atoms with E-state index in [1.165, 1.54) is 4.80 Å². The molecule has 3 aromatic rings. The van der Waals surface area contributed by atoms with E-state index in [2.05, 4.69) is 15.5 Å². The summed E-state index contributed by atoms with van der Waals surface area (Å²) in [5.74, 6) is -1.06. The average Bonchev–Trinajstić information content (AvgIpc) is 3.13. The van der Waals surface area contributed by atoms with Crippen molar-refractivity contribution in [1.82, 2.24) is 15.0 Å². The van der Waals surface area contributed by atoms with Crippen molar-refractivity contribution in [1.29, 1.82) is 0 Å². The van der Waals surface area contributed by atoms with Gasteiger partial charge in [0.1, 0.15) is 0 Å². The first-order valence-corrected chi connectivity index (χ1v) is 10.4. The van der Waals surface area contributed by atoms with E-state index in [1.807, 2.05) is 64.1 Å². The topological polar surface area (TPSA) is 86.1 Å². The number of carbonyl (C=O) groups is 2. The zero-order chi connectivity index (χ0) is 22.5. The van der Waals surface area contributed by atoms with E-state index in [1.54, 1.807) is 6.92 Å². The van der Waals surface area contributed by atoms with Crippen LogP contribution in [0.25, 0.3) is 5.69 Å². The van der Waals surface area contributed by atoms with E-state index in [9.17, 15) is 9.59 Å². The number of aromatic nitrogens is 3. The molecule has 0 aliphatic rings. The van der Waals surface area contributed by atoms with Gasteiger partial charge in [-0.2, -0.15) is 9.90 Å². The number of aryl methyl sites for hydroxylation is 5. The molecule has 0 aliphatic carbocycles. The van der Waals surface area contributed by atoms with E-state index >= 15 is 0 Å². The first-order chi connectivity index (χ1) is 14.8. The van der Waals surface area contributed by atoms with Crippen molar-refractivity contribution in [2.45, 2.75) is 47.5 Å². The highest BCUT2D eigenvalue weighted by Crippen LogP contribution is 2.22. The molecule has 0 saturated carbocycles. The second-order valence-electron chi connectivity index (χ2n) is 7.50. The lowest BCUT2D eigenvalue weighted by Gasteiger charge is -2.14. The van der Waals surface area contributed by atoms with Crippen LogP contribution in [0.5, 0.6) is 0 Å². The van der Waals surface area contributed by atoms with Crippen molar-refractivity contribution < 1.29 is 14.3 Å². The van der Waals surface area contributed by atoms with Gasteiger partial charge in [0.25, 0.3) is 5.91 Å². The largest absolute Gasteiger partial charge is 0.451 e. The summed E-state index contributed by atoms with van der Waals surface area (Å²) < 4.78 is 5.22. The minimum Gasteiger partial charge on any atom is -0.451 e. The Bertz CT molecular complexity index is 1100. The van der Waals surface area contributed by atoms with Crippen molar-refractivity contribution in [3.05, 3.63) is 70.0 Å². The Hall–Kier alpha value is -3.48. The number of esters is 1. The molecule has 0 atom stereocenters. The van der Waals surface area contributed by atoms with Gasteiger partial charge in [0, 0.05) is 5.69 Å². The van der Waals surface area contributed by atoms with Crippen LogP contribution in [-0.2, 0) is 22.4 Å². The number of carbonyl (C=O) groups excluding carboxylic acids is 2. The van der Waals surface area contributed by atoms with Crippen molar-refractivity contribution in [3.63, 3.8) is 0 Å². The zero-order valence-corrected chi connectivity index (χ0v) is 18.7. The molecule has 0 radical (unpaired) electrons. The summed E-state index contributed by atoms with van der Waals surface area (Å²) in [6.07, 6.45) is 1.59. The molecule has 1 amide bonds. The Kier molecular flexibility index (Phi) is 6.84. The highest BCUT2D eigenvalue weighted by atomic mass is 16.5. The lowest BCUT2D eigenvalue weighted by molar-refractivity contribution is -0.119. The molecule has 0 unspecified atom stereocenters. The molecular weight excluding hydrogens is 392 g/mol. The maximum absolute atomic E-state index is 12.5. The van der Waals surface area contributed by atoms with E-state index in [0.717, 1.165) is 46.5 Å². The third kappa shape index (κ3) is 4.99. The number of benzene rings is 2. The number of nitrogens with zero attached hydrogens (tertiary/aromatic N) is 3. The lowest BCUT2D eigenvalue weighted by Crippen LogP contribution is -2.22. The second-order valence-corrected chi connectivity index (χ2v) is 7.50. The predicted molar refractivity (Wildman–Crippen MR) is 120 cm³/mol. The maximum atomic E-state index is 12.5. The fraction of sp³-hybridized carbons (Fsp3) is 0.333. The van der Waals surface area contributed by atoms with E-state index in [0.29, 0.717) is 5.69 Å². The number of rotatable bonds is 7. The molecular formula is C24H28N4O3. The Balaban J connectivity index is 1.69. The fourth-order valence-corrected chi connectivity index (χ4v) is 3.48. The second kappa shape index (κ2) is 9.55. The van der Waals surface area contributed by atoms with E-state index in [-0.39, 0.29) is 11.6 Å². The molecule has 0 bridgehead atoms. The van der Waals surface area contributed by atoms with Crippen molar-refractivity contribution >= 4 is 17.6 Å². The summed E-state index contributed by atoms with van der Waals surface area (Å²) in [7, 11) is 0. The van der Waals surface area contributed by atoms with Crippen molar-refractivity contribution in [2.24, 2.45) is 0 Å². The molecule has 1 heterocycles. The molecule has 1 N–H and O–H groups in total. The molecule has 0 spiro atoms. The maximum Gasteiger partial charge on any atom is 0.361 e. The summed E-state index contributed by atoms with van der Waals surface area (Å²) in [5, 5.41) is 11.5. The predicted octanol–water partition coefficient (Wildman–Crippen LogP) is 4.11. The molecule has 3 rings (SSSR count). The molecule has 0 saturated heterocycles. The summed E-state index contributed by atoms with van der Waals surface area (Å²) in [5.41, 5.74) is 6.34. The zero-order valence-electron chi connectivity index (χ0n) is 18.7. The Morgan fingerprint density at radius 1 is 1.00 bits per heavy atom. The molecule has 0 fully saturated rings. The molecule has 2 aromatic carbocycles. The first kappa shape index (κ1) is 22.2. The Morgan fingerprint density at radius 3 is 2.29 bits per heavy atom. The van der Waals surface area contributed by atoms with E-state index < -0.39 is 12.6 Å². The summed E-state index contributed by atoms with van der Waals surface area (Å²) >= 11 is 0. The number of hydrogen-bond donors (Lipinski definition) is 1. The lowest BCUT2D eigenvalue weighted by atomic mass is 10.0. The third-order valence-electron chi connectivity index (χ3n) is 5.14. The third-order valence-corrected chi connectivity index (χ3v) is 5.14. The number of nitrogens with one attached hydrogen (secondary N) is 1. The number of ether oxygens (including phenoxy) is 1. The summed E-state index contributed by atoms with van der Waals surface area (Å²) in [6.45, 7) is 9.33. The van der Waals surface area contributed by atoms with E-state index in [4.69, 9.17) is 4.74 Å². The number of anilines is 1. The normalized spacial score (nSPS) is 10.7. The van der Waals surface area contributed by atoms with Gasteiger partial charge >= 0.3 is 5.97 Å². The SMILES string of the molecule is CCc1cccc(CC)c1NC(=O)COC(=O)c1nn(-c2ccc(C)cc2C)nc1C. The minimum atomic E-state index is -0.678. The number of para-hydroxylation sites is 1. The van der Waals surface area contributed by atoms with Crippen molar-refractivity contribution in [2.75, 3.05) is 11.9 Å². The van der Waals surface area contributed by atoms with Crippen LogP contribution in [-0.4, -0.2) is 33.5 Å². The molecule has 162 valence electrons. The summed E-state index contributed by atoms with van der Waals surface area (Å²) in [6, 6.07) is 11.8. The van der Waals surface area contributed by atoms with Crippen molar-refractivity contribution in [3.8, 4) is 5.69 Å². The number of amides is 1. The van der Waals surface area contributed by atoms with Gasteiger partial charge in [-0.25, -0.2) is 4.79 Å². The van der Waals surface area contributed by atoms with Crippen LogP contribution in [0, 0.1) is 20.8 Å². The van der Waals surface area contributed by atoms with Crippen LogP contribution in [0.1, 0.15) is 52.3 Å². The van der Waals surface area contributed by atoms with Gasteiger partial charge in [0.05, 0.1) is 11.4 Å². The molecule has 1 aromatic heterocycles. The minimum absolute atomic E-state index is 0.0935. The highest BCUT2D eigenvalue weighted by molar-refractivity contribution is 5.96. The van der Waals surface area contributed by atoms with Crippen LogP contribution in [0.15, 0.2) is 36.4 Å². The molecule has 7 heteroatoms. The van der Waals surface area contributed by atoms with Crippen LogP contribution in [0.3, 0.4) is 0 Å². The highest BCUT2D eigenvalue weighted by Gasteiger charge is 2.20. The summed E-state index contributed by atoms with van der Waals surface area (Å²) in [4.78, 5) is 26.4. The Morgan fingerprint density at radius 2 is 1.68 bits per heavy atom. The average molecular weight is 421 g/mol. The van der Waals surface area contributed by atoms with Crippen LogP contribution >= 0.6 is 0 Å². The van der Waals surface area contributed by atoms with Gasteiger partial charge in [0.2, 0.25) is 0 Å². The molecule has 0 aliphatic heterocycles. The molecule has 31 heavy (non-hydrogen) atoms. The van der Waals surface area contributed by atoms with Gasteiger partial charge in [-0.3, -0.25) is 4.79 Å².